The lowest BCUT2D eigenvalue weighted by atomic mass is 9.96. The van der Waals surface area contributed by atoms with E-state index in [1.807, 2.05) is 0 Å². The number of hydrogen-bond donors (Lipinski definition) is 14. The van der Waals surface area contributed by atoms with Crippen LogP contribution in [0, 0.1) is 0 Å². The lowest BCUT2D eigenvalue weighted by molar-refractivity contribution is -0.386. The molecule has 3 aliphatic rings. The molecule has 0 radical (unpaired) electrons. The zero-order chi connectivity index (χ0) is 61.1. The number of ether oxygens (including phenoxy) is 6. The van der Waals surface area contributed by atoms with Gasteiger partial charge in [-0.3, -0.25) is 9.59 Å². The lowest BCUT2D eigenvalue weighted by Crippen LogP contribution is -2.67. The van der Waals surface area contributed by atoms with E-state index in [0.717, 1.165) is 64.2 Å². The molecule has 3 saturated heterocycles. The first-order valence-electron chi connectivity index (χ1n) is 32.4. The van der Waals surface area contributed by atoms with E-state index in [4.69, 9.17) is 28.4 Å². The molecule has 14 N–H and O–H groups in total. The zero-order valence-electron chi connectivity index (χ0n) is 50.6. The highest BCUT2D eigenvalue weighted by Crippen LogP contribution is 2.34. The van der Waals surface area contributed by atoms with Crippen LogP contribution in [0.4, 0.5) is 0 Å². The number of rotatable bonds is 48. The van der Waals surface area contributed by atoms with Crippen LogP contribution in [0.2, 0.25) is 0 Å². The Morgan fingerprint density at radius 1 is 0.446 bits per heavy atom. The minimum absolute atomic E-state index is 0.00358. The third-order valence-electron chi connectivity index (χ3n) is 16.9. The molecular weight excluding hydrogens is 1080 g/mol. The molecule has 22 nitrogen and oxygen atoms in total. The molecule has 490 valence electrons. The number of unbranched alkanes of at least 4 members (excludes halogenated alkanes) is 29. The average molecular weight is 1200 g/mol. The summed E-state index contributed by atoms with van der Waals surface area (Å²) in [4.78, 5) is 26.9. The Labute approximate surface area is 494 Å². The molecule has 0 aromatic rings. The van der Waals surface area contributed by atoms with Gasteiger partial charge in [0.15, 0.2) is 30.8 Å². The van der Waals surface area contributed by atoms with Crippen LogP contribution in [0.1, 0.15) is 233 Å². The third kappa shape index (κ3) is 27.3. The molecule has 3 heterocycles. The van der Waals surface area contributed by atoms with Gasteiger partial charge in [-0.2, -0.15) is 0 Å². The van der Waals surface area contributed by atoms with Crippen molar-refractivity contribution < 1.29 is 104 Å². The van der Waals surface area contributed by atoms with Crippen LogP contribution in [-0.2, 0) is 38.0 Å². The summed E-state index contributed by atoms with van der Waals surface area (Å²) in [6.07, 6.45) is 1.54. The Morgan fingerprint density at radius 2 is 0.831 bits per heavy atom. The summed E-state index contributed by atoms with van der Waals surface area (Å²) in [7, 11) is 0. The molecule has 0 saturated carbocycles. The van der Waals surface area contributed by atoms with Crippen LogP contribution >= 0.6 is 0 Å². The first kappa shape index (κ1) is 75.6. The van der Waals surface area contributed by atoms with Gasteiger partial charge in [-0.25, -0.2) is 0 Å². The maximum atomic E-state index is 13.6. The molecule has 0 aromatic heterocycles. The van der Waals surface area contributed by atoms with Crippen molar-refractivity contribution in [2.45, 2.75) is 355 Å². The molecule has 0 aliphatic carbocycles. The molecule has 0 bridgehead atoms. The number of aliphatic hydroxyl groups is 13. The highest BCUT2D eigenvalue weighted by atomic mass is 16.8. The van der Waals surface area contributed by atoms with Gasteiger partial charge in [0, 0.05) is 0 Å². The summed E-state index contributed by atoms with van der Waals surface area (Å²) in [5, 5.41) is 143. The van der Waals surface area contributed by atoms with Gasteiger partial charge in [0.05, 0.1) is 38.1 Å². The normalized spacial score (nSPS) is 30.4. The predicted molar refractivity (Wildman–Crippen MR) is 308 cm³/mol. The average Bonchev–Trinajstić information content (AvgIpc) is 3.67. The number of aliphatic hydroxyl groups excluding tert-OH is 13. The van der Waals surface area contributed by atoms with Crippen molar-refractivity contribution in [1.82, 2.24) is 5.32 Å². The van der Waals surface area contributed by atoms with Crippen molar-refractivity contribution in [2.24, 2.45) is 0 Å². The summed E-state index contributed by atoms with van der Waals surface area (Å²) in [5.41, 5.74) is 0. The van der Waals surface area contributed by atoms with Crippen molar-refractivity contribution in [3.8, 4) is 0 Å². The van der Waals surface area contributed by atoms with Crippen LogP contribution in [0.3, 0.4) is 0 Å². The SMILES string of the molecule is CCCCCCCCCCCCCCCCCCCCCC[C@@H](O)C(=O)[C@@H](O)C(=O)N[C@@H](CO[C@@H]1O[C@H](CO)[C@@H](O[C@@H]2O[C@H](CO)[C@H](O)[C@H](O)[C@H]2O)[C@H](O[C@H]2O[C@H](C)[C@H](O)[C@H](O)[C@H]2O)[C@H]1O)[C@H](O)[C@H](O)CCCCCCCCCCCCC. The number of Topliss-reactive ketones (excluding diaryl/α,β-unsaturated/α-hetero) is 1. The smallest absolute Gasteiger partial charge is 0.257 e. The molecule has 3 rings (SSSR count). The Kier molecular flexibility index (Phi) is 40.0. The fourth-order valence-electron chi connectivity index (χ4n) is 11.3. The number of carbonyl (C=O) groups excluding carboxylic acids is 2. The molecular formula is C61H115NO21. The van der Waals surface area contributed by atoms with Crippen LogP contribution in [-0.4, -0.2) is 220 Å². The summed E-state index contributed by atoms with van der Waals surface area (Å²) < 4.78 is 34.9. The Morgan fingerprint density at radius 3 is 1.28 bits per heavy atom. The number of hydrogen-bond acceptors (Lipinski definition) is 21. The molecule has 3 fully saturated rings. The van der Waals surface area contributed by atoms with Gasteiger partial charge in [0.2, 0.25) is 0 Å². The summed E-state index contributed by atoms with van der Waals surface area (Å²) in [6.45, 7) is 3.20. The fraction of sp³-hybridized carbons (Fsp3) is 0.967. The monoisotopic (exact) mass is 1200 g/mol. The maximum absolute atomic E-state index is 13.6. The first-order valence-corrected chi connectivity index (χ1v) is 32.4. The molecule has 0 spiro atoms. The van der Waals surface area contributed by atoms with Crippen LogP contribution in [0.25, 0.3) is 0 Å². The fourth-order valence-corrected chi connectivity index (χ4v) is 11.3. The first-order chi connectivity index (χ1) is 39.9. The Bertz CT molecular complexity index is 1640. The van der Waals surface area contributed by atoms with Gasteiger partial charge in [-0.15, -0.1) is 0 Å². The van der Waals surface area contributed by atoms with Gasteiger partial charge in [-0.05, 0) is 19.8 Å². The van der Waals surface area contributed by atoms with E-state index in [1.54, 1.807) is 0 Å². The minimum atomic E-state index is -2.39. The lowest BCUT2D eigenvalue weighted by Gasteiger charge is -2.49. The second kappa shape index (κ2) is 43.9. The largest absolute Gasteiger partial charge is 0.394 e. The van der Waals surface area contributed by atoms with Gasteiger partial charge in [-0.1, -0.05) is 213 Å². The van der Waals surface area contributed by atoms with Crippen molar-refractivity contribution in [2.75, 3.05) is 19.8 Å². The van der Waals surface area contributed by atoms with Crippen molar-refractivity contribution in [3.05, 3.63) is 0 Å². The second-order valence-corrected chi connectivity index (χ2v) is 24.0. The van der Waals surface area contributed by atoms with E-state index in [9.17, 15) is 76.0 Å². The summed E-state index contributed by atoms with van der Waals surface area (Å²) in [6, 6.07) is -1.62. The molecule has 1 amide bonds. The minimum Gasteiger partial charge on any atom is -0.394 e. The summed E-state index contributed by atoms with van der Waals surface area (Å²) in [5.74, 6) is -2.49. The number of carbonyl (C=O) groups is 2. The van der Waals surface area contributed by atoms with E-state index < -0.39 is 154 Å². The summed E-state index contributed by atoms with van der Waals surface area (Å²) >= 11 is 0. The van der Waals surface area contributed by atoms with Crippen molar-refractivity contribution in [1.29, 1.82) is 0 Å². The zero-order valence-corrected chi connectivity index (χ0v) is 50.6. The van der Waals surface area contributed by atoms with Crippen molar-refractivity contribution >= 4 is 11.7 Å². The van der Waals surface area contributed by atoms with E-state index in [-0.39, 0.29) is 12.8 Å². The highest BCUT2D eigenvalue weighted by molar-refractivity contribution is 6.05. The molecule has 0 aromatic carbocycles. The maximum Gasteiger partial charge on any atom is 0.257 e. The van der Waals surface area contributed by atoms with Crippen molar-refractivity contribution in [3.63, 3.8) is 0 Å². The van der Waals surface area contributed by atoms with E-state index >= 15 is 0 Å². The Balaban J connectivity index is 1.63. The van der Waals surface area contributed by atoms with Crippen LogP contribution in [0.5, 0.6) is 0 Å². The molecule has 83 heavy (non-hydrogen) atoms. The molecule has 3 aliphatic heterocycles. The van der Waals surface area contributed by atoms with Gasteiger partial charge in [0.25, 0.3) is 5.91 Å². The van der Waals surface area contributed by atoms with E-state index in [1.165, 1.54) is 129 Å². The number of ketones is 1. The molecule has 0 unspecified atom stereocenters. The van der Waals surface area contributed by atoms with Gasteiger partial charge < -0.3 is 100 Å². The highest BCUT2D eigenvalue weighted by Gasteiger charge is 2.54. The van der Waals surface area contributed by atoms with Gasteiger partial charge in [0.1, 0.15) is 79.4 Å². The van der Waals surface area contributed by atoms with Gasteiger partial charge >= 0.3 is 0 Å². The predicted octanol–water partition coefficient (Wildman–Crippen LogP) is 3.89. The molecule has 20 atom stereocenters. The number of amides is 1. The van der Waals surface area contributed by atoms with Crippen LogP contribution in [0.15, 0.2) is 0 Å². The topological polar surface area (TPSA) is 365 Å². The van der Waals surface area contributed by atoms with E-state index in [0.29, 0.717) is 12.8 Å². The molecule has 22 heteroatoms. The third-order valence-corrected chi connectivity index (χ3v) is 16.9. The second-order valence-electron chi connectivity index (χ2n) is 24.0. The number of nitrogens with one attached hydrogen (secondary N) is 1. The van der Waals surface area contributed by atoms with E-state index in [2.05, 4.69) is 19.2 Å². The standard InChI is InChI=1S/C61H115NO21/c1-4-6-8-10-12-14-16-17-18-19-20-21-22-23-24-26-28-30-32-34-36-43(66)48(69)52(73)58(77)62-41(47(68)42(65)35-33-31-29-27-25-15-13-11-9-7-5-2)39-78-59-55(76)57(83-60-53(74)50(71)46(67)40(3)79-60)56(45(38-64)81-59)82-61-54(75)51(72)49(70)44(37-63)80-61/h40-47,49-57,59-61,63-68,70-76H,4-39H2,1-3H3,(H,62,77)/t40-,41+,42-,43-,44-,45-,46+,47+,49+,50+,51+,52-,53-,54-,55-,56-,57-,59-,60-,61+/m1/s1. The Hall–Kier alpha value is -1.62. The van der Waals surface area contributed by atoms with Crippen LogP contribution < -0.4 is 5.32 Å². The quantitative estimate of drug-likeness (QED) is 0.0303.